The molecule has 1 aliphatic rings. The van der Waals surface area contributed by atoms with Crippen LogP contribution in [-0.4, -0.2) is 60.7 Å². The van der Waals surface area contributed by atoms with Gasteiger partial charge >= 0.3 is 0 Å². The zero-order valence-electron chi connectivity index (χ0n) is 18.6. The van der Waals surface area contributed by atoms with Crippen molar-refractivity contribution < 1.29 is 4.74 Å². The molecule has 1 unspecified atom stereocenters. The normalized spacial score (nSPS) is 15.9. The minimum Gasteiger partial charge on any atom is -0.497 e. The first-order chi connectivity index (χ1) is 14.7. The lowest BCUT2D eigenvalue weighted by Gasteiger charge is -2.29. The van der Waals surface area contributed by atoms with Crippen molar-refractivity contribution in [3.63, 3.8) is 0 Å². The van der Waals surface area contributed by atoms with Crippen LogP contribution in [0.5, 0.6) is 5.75 Å². The van der Waals surface area contributed by atoms with Gasteiger partial charge in [-0.15, -0.1) is 0 Å². The molecule has 30 heavy (non-hydrogen) atoms. The van der Waals surface area contributed by atoms with Crippen LogP contribution in [0.2, 0.25) is 0 Å². The number of guanidine groups is 1. The van der Waals surface area contributed by atoms with Crippen molar-refractivity contribution in [2.24, 2.45) is 4.99 Å². The smallest absolute Gasteiger partial charge is 0.191 e. The Labute approximate surface area is 180 Å². The number of imidazole rings is 1. The van der Waals surface area contributed by atoms with Gasteiger partial charge in [0.15, 0.2) is 5.96 Å². The van der Waals surface area contributed by atoms with Gasteiger partial charge in [0, 0.05) is 39.1 Å². The first-order valence-corrected chi connectivity index (χ1v) is 11.0. The Kier molecular flexibility index (Phi) is 8.56. The van der Waals surface area contributed by atoms with E-state index in [0.29, 0.717) is 6.04 Å². The molecule has 0 bridgehead atoms. The van der Waals surface area contributed by atoms with Crippen LogP contribution in [0, 0.1) is 6.92 Å². The Bertz CT molecular complexity index is 779. The van der Waals surface area contributed by atoms with Crippen LogP contribution >= 0.6 is 0 Å². The highest BCUT2D eigenvalue weighted by molar-refractivity contribution is 5.79. The Morgan fingerprint density at radius 3 is 2.57 bits per heavy atom. The number of hydrogen-bond donors (Lipinski definition) is 2. The van der Waals surface area contributed by atoms with Crippen LogP contribution in [0.4, 0.5) is 0 Å². The molecule has 1 aromatic carbocycles. The zero-order chi connectivity index (χ0) is 21.2. The van der Waals surface area contributed by atoms with Gasteiger partial charge in [-0.1, -0.05) is 12.1 Å². The first-order valence-electron chi connectivity index (χ1n) is 11.0. The monoisotopic (exact) mass is 412 g/mol. The number of rotatable bonds is 10. The van der Waals surface area contributed by atoms with E-state index >= 15 is 0 Å². The van der Waals surface area contributed by atoms with Crippen molar-refractivity contribution in [2.75, 3.05) is 40.3 Å². The molecule has 7 heteroatoms. The molecule has 0 spiro atoms. The van der Waals surface area contributed by atoms with E-state index in [2.05, 4.69) is 42.2 Å². The Hall–Kier alpha value is -2.54. The second kappa shape index (κ2) is 11.6. The zero-order valence-corrected chi connectivity index (χ0v) is 18.6. The van der Waals surface area contributed by atoms with Gasteiger partial charge in [0.25, 0.3) is 0 Å². The minimum absolute atomic E-state index is 0.334. The lowest BCUT2D eigenvalue weighted by atomic mass is 10.1. The minimum atomic E-state index is 0.334. The topological polar surface area (TPSA) is 66.7 Å². The standard InChI is InChI=1S/C23H36N6O/c1-19-25-13-17-28(19)14-5-4-12-26-23(24-2)27-18-22(29-15-6-7-16-29)20-8-10-21(30-3)11-9-20/h8-11,13,17,22H,4-7,12,14-16,18H2,1-3H3,(H2,24,26,27). The number of unbranched alkanes of at least 4 members (excludes halogenated alkanes) is 1. The quantitative estimate of drug-likeness (QED) is 0.357. The highest BCUT2D eigenvalue weighted by atomic mass is 16.5. The van der Waals surface area contributed by atoms with E-state index in [1.54, 1.807) is 7.11 Å². The van der Waals surface area contributed by atoms with Crippen molar-refractivity contribution in [2.45, 2.75) is 45.2 Å². The summed E-state index contributed by atoms with van der Waals surface area (Å²) in [6.45, 7) is 7.10. The van der Waals surface area contributed by atoms with Crippen LogP contribution in [-0.2, 0) is 6.54 Å². The summed E-state index contributed by atoms with van der Waals surface area (Å²) < 4.78 is 7.52. The molecule has 2 heterocycles. The van der Waals surface area contributed by atoms with Gasteiger partial charge in [-0.2, -0.15) is 0 Å². The van der Waals surface area contributed by atoms with Crippen molar-refractivity contribution >= 4 is 5.96 Å². The Balaban J connectivity index is 1.47. The maximum Gasteiger partial charge on any atom is 0.191 e. The number of methoxy groups -OCH3 is 1. The van der Waals surface area contributed by atoms with Gasteiger partial charge in [0.2, 0.25) is 0 Å². The highest BCUT2D eigenvalue weighted by Gasteiger charge is 2.23. The molecule has 1 saturated heterocycles. The summed E-state index contributed by atoms with van der Waals surface area (Å²) in [4.78, 5) is 11.2. The number of nitrogens with one attached hydrogen (secondary N) is 2. The lowest BCUT2D eigenvalue weighted by molar-refractivity contribution is 0.245. The van der Waals surface area contributed by atoms with Crippen LogP contribution in [0.25, 0.3) is 0 Å². The van der Waals surface area contributed by atoms with E-state index < -0.39 is 0 Å². The van der Waals surface area contributed by atoms with Crippen molar-refractivity contribution in [1.82, 2.24) is 25.1 Å². The number of hydrogen-bond acceptors (Lipinski definition) is 4. The number of nitrogens with zero attached hydrogens (tertiary/aromatic N) is 4. The molecule has 2 aromatic rings. The molecule has 0 amide bonds. The number of likely N-dealkylation sites (tertiary alicyclic amines) is 1. The SMILES string of the molecule is CN=C(NCCCCn1ccnc1C)NCC(c1ccc(OC)cc1)N1CCCC1. The Morgan fingerprint density at radius 2 is 1.93 bits per heavy atom. The summed E-state index contributed by atoms with van der Waals surface area (Å²) in [5.41, 5.74) is 1.32. The third kappa shape index (κ3) is 6.23. The van der Waals surface area contributed by atoms with E-state index in [1.165, 1.54) is 18.4 Å². The van der Waals surface area contributed by atoms with Crippen molar-refractivity contribution in [3.8, 4) is 5.75 Å². The van der Waals surface area contributed by atoms with Gasteiger partial charge in [0.05, 0.1) is 13.2 Å². The summed E-state index contributed by atoms with van der Waals surface area (Å²) in [5, 5.41) is 6.99. The predicted molar refractivity (Wildman–Crippen MR) is 122 cm³/mol. The van der Waals surface area contributed by atoms with E-state index in [1.807, 2.05) is 38.5 Å². The summed E-state index contributed by atoms with van der Waals surface area (Å²) in [6.07, 6.45) is 8.65. The molecule has 0 saturated carbocycles. The maximum atomic E-state index is 5.32. The molecular formula is C23H36N6O. The van der Waals surface area contributed by atoms with Crippen LogP contribution in [0.3, 0.4) is 0 Å². The van der Waals surface area contributed by atoms with Crippen molar-refractivity contribution in [1.29, 1.82) is 0 Å². The fraction of sp³-hybridized carbons (Fsp3) is 0.565. The maximum absolute atomic E-state index is 5.32. The number of aromatic nitrogens is 2. The number of aliphatic imine (C=N–C) groups is 1. The number of aryl methyl sites for hydroxylation is 2. The van der Waals surface area contributed by atoms with E-state index in [4.69, 9.17) is 4.74 Å². The molecule has 1 fully saturated rings. The lowest BCUT2D eigenvalue weighted by Crippen LogP contribution is -2.43. The number of benzene rings is 1. The Morgan fingerprint density at radius 1 is 1.17 bits per heavy atom. The fourth-order valence-corrected chi connectivity index (χ4v) is 4.01. The van der Waals surface area contributed by atoms with E-state index in [-0.39, 0.29) is 0 Å². The average molecular weight is 413 g/mol. The summed E-state index contributed by atoms with van der Waals surface area (Å²) in [5.74, 6) is 2.84. The summed E-state index contributed by atoms with van der Waals surface area (Å²) >= 11 is 0. The highest BCUT2D eigenvalue weighted by Crippen LogP contribution is 2.26. The largest absolute Gasteiger partial charge is 0.497 e. The molecule has 7 nitrogen and oxygen atoms in total. The van der Waals surface area contributed by atoms with Crippen LogP contribution in [0.1, 0.15) is 43.1 Å². The predicted octanol–water partition coefficient (Wildman–Crippen LogP) is 2.98. The van der Waals surface area contributed by atoms with Crippen LogP contribution < -0.4 is 15.4 Å². The fourth-order valence-electron chi connectivity index (χ4n) is 4.01. The third-order valence-corrected chi connectivity index (χ3v) is 5.81. The number of ether oxygens (including phenoxy) is 1. The summed E-state index contributed by atoms with van der Waals surface area (Å²) in [6, 6.07) is 8.79. The second-order valence-electron chi connectivity index (χ2n) is 7.79. The molecule has 1 atom stereocenters. The second-order valence-corrected chi connectivity index (χ2v) is 7.79. The molecule has 0 aliphatic carbocycles. The summed E-state index contributed by atoms with van der Waals surface area (Å²) in [7, 11) is 3.54. The van der Waals surface area contributed by atoms with Gasteiger partial charge in [-0.05, 0) is 63.4 Å². The molecular weight excluding hydrogens is 376 g/mol. The first kappa shape index (κ1) is 22.2. The van der Waals surface area contributed by atoms with Gasteiger partial charge in [-0.25, -0.2) is 4.98 Å². The van der Waals surface area contributed by atoms with E-state index in [0.717, 1.165) is 63.1 Å². The molecule has 1 aliphatic heterocycles. The van der Waals surface area contributed by atoms with Gasteiger partial charge in [0.1, 0.15) is 11.6 Å². The van der Waals surface area contributed by atoms with E-state index in [9.17, 15) is 0 Å². The van der Waals surface area contributed by atoms with Gasteiger partial charge in [-0.3, -0.25) is 9.89 Å². The average Bonchev–Trinajstić information content (AvgIpc) is 3.45. The van der Waals surface area contributed by atoms with Crippen LogP contribution in [0.15, 0.2) is 41.7 Å². The molecule has 1 aromatic heterocycles. The molecule has 164 valence electrons. The molecule has 0 radical (unpaired) electrons. The van der Waals surface area contributed by atoms with Gasteiger partial charge < -0.3 is 19.9 Å². The third-order valence-electron chi connectivity index (χ3n) is 5.81. The molecule has 3 rings (SSSR count). The van der Waals surface area contributed by atoms with Crippen molar-refractivity contribution in [3.05, 3.63) is 48.0 Å². The molecule has 2 N–H and O–H groups in total.